The minimum absolute atomic E-state index is 0.267. The summed E-state index contributed by atoms with van der Waals surface area (Å²) in [5.41, 5.74) is 2.01. The fraction of sp³-hybridized carbons (Fsp3) is 0.118. The molecule has 0 bridgehead atoms. The van der Waals surface area contributed by atoms with Crippen molar-refractivity contribution in [2.45, 2.75) is 13.2 Å². The Bertz CT molecular complexity index is 547. The van der Waals surface area contributed by atoms with Crippen LogP contribution in [0.5, 0.6) is 0 Å². The molecule has 0 spiro atoms. The summed E-state index contributed by atoms with van der Waals surface area (Å²) in [4.78, 5) is 11.4. The maximum Gasteiger partial charge on any atom is 0.334 e. The maximum absolute atomic E-state index is 11.4. The quantitative estimate of drug-likeness (QED) is 0.457. The second-order valence-corrected chi connectivity index (χ2v) is 4.19. The van der Waals surface area contributed by atoms with Crippen LogP contribution in [0.3, 0.4) is 0 Å². The molecular weight excluding hydrogens is 252 g/mol. The summed E-state index contributed by atoms with van der Waals surface area (Å²) in [7, 11) is 0. The first-order valence-electron chi connectivity index (χ1n) is 6.37. The summed E-state index contributed by atoms with van der Waals surface area (Å²) in [6.07, 6.45) is 2.65. The Balaban J connectivity index is 1.68. The summed E-state index contributed by atoms with van der Waals surface area (Å²) in [6.45, 7) is 0.700. The van der Waals surface area contributed by atoms with E-state index in [1.54, 1.807) is 0 Å². The van der Waals surface area contributed by atoms with Gasteiger partial charge in [0.2, 0.25) is 0 Å². The molecule has 0 unspecified atom stereocenters. The van der Waals surface area contributed by atoms with Gasteiger partial charge in [0, 0.05) is 0 Å². The van der Waals surface area contributed by atoms with Crippen molar-refractivity contribution in [2.24, 2.45) is 0 Å². The molecule has 0 heterocycles. The lowest BCUT2D eigenvalue weighted by Crippen LogP contribution is -2.00. The van der Waals surface area contributed by atoms with Gasteiger partial charge in [0.15, 0.2) is 0 Å². The van der Waals surface area contributed by atoms with Gasteiger partial charge >= 0.3 is 5.97 Å². The molecule has 0 amide bonds. The Labute approximate surface area is 118 Å². The number of esters is 1. The molecule has 3 nitrogen and oxygen atoms in total. The number of carbonyl (C=O) groups is 1. The second-order valence-electron chi connectivity index (χ2n) is 4.19. The molecule has 0 fully saturated rings. The molecule has 2 aromatic carbocycles. The molecule has 102 valence electrons. The van der Waals surface area contributed by atoms with Crippen LogP contribution in [0.1, 0.15) is 11.1 Å². The summed E-state index contributed by atoms with van der Waals surface area (Å²) in [6, 6.07) is 19.3. The predicted molar refractivity (Wildman–Crippen MR) is 76.6 cm³/mol. The molecule has 0 aliphatic rings. The van der Waals surface area contributed by atoms with Crippen LogP contribution < -0.4 is 0 Å². The van der Waals surface area contributed by atoms with Crippen molar-refractivity contribution in [3.63, 3.8) is 0 Å². The Kier molecular flexibility index (Phi) is 5.40. The van der Waals surface area contributed by atoms with Gasteiger partial charge in [-0.05, 0) is 11.1 Å². The van der Waals surface area contributed by atoms with E-state index in [0.717, 1.165) is 11.1 Å². The minimum atomic E-state index is -0.415. The topological polar surface area (TPSA) is 35.5 Å². The number of rotatable bonds is 6. The highest BCUT2D eigenvalue weighted by atomic mass is 16.5. The van der Waals surface area contributed by atoms with E-state index in [4.69, 9.17) is 9.47 Å². The summed E-state index contributed by atoms with van der Waals surface area (Å²) in [5, 5.41) is 0. The van der Waals surface area contributed by atoms with Crippen molar-refractivity contribution < 1.29 is 14.3 Å². The first-order valence-corrected chi connectivity index (χ1v) is 6.37. The summed E-state index contributed by atoms with van der Waals surface area (Å²) in [5.74, 6) is -0.415. The Morgan fingerprint density at radius 2 is 1.40 bits per heavy atom. The fourth-order valence-corrected chi connectivity index (χ4v) is 1.60. The molecule has 20 heavy (non-hydrogen) atoms. The SMILES string of the molecule is O=C(C=COCc1ccccc1)OCc1ccccc1. The van der Waals surface area contributed by atoms with Gasteiger partial charge in [0.25, 0.3) is 0 Å². The lowest BCUT2D eigenvalue weighted by molar-refractivity contribution is -0.139. The normalized spacial score (nSPS) is 10.4. The van der Waals surface area contributed by atoms with E-state index in [9.17, 15) is 4.79 Å². The molecule has 0 radical (unpaired) electrons. The van der Waals surface area contributed by atoms with Gasteiger partial charge in [-0.2, -0.15) is 0 Å². The van der Waals surface area contributed by atoms with Gasteiger partial charge in [0.1, 0.15) is 13.2 Å². The van der Waals surface area contributed by atoms with Crippen molar-refractivity contribution >= 4 is 5.97 Å². The van der Waals surface area contributed by atoms with Crippen LogP contribution in [-0.4, -0.2) is 5.97 Å². The fourth-order valence-electron chi connectivity index (χ4n) is 1.60. The van der Waals surface area contributed by atoms with E-state index in [-0.39, 0.29) is 6.61 Å². The minimum Gasteiger partial charge on any atom is -0.496 e. The third kappa shape index (κ3) is 4.98. The van der Waals surface area contributed by atoms with Crippen molar-refractivity contribution in [3.05, 3.63) is 84.1 Å². The van der Waals surface area contributed by atoms with Crippen molar-refractivity contribution in [2.75, 3.05) is 0 Å². The highest BCUT2D eigenvalue weighted by Gasteiger charge is 1.98. The van der Waals surface area contributed by atoms with Crippen LogP contribution in [0, 0.1) is 0 Å². The lowest BCUT2D eigenvalue weighted by atomic mass is 10.2. The molecule has 0 saturated carbocycles. The maximum atomic E-state index is 11.4. The van der Waals surface area contributed by atoms with Crippen molar-refractivity contribution in [3.8, 4) is 0 Å². The average Bonchev–Trinajstić information content (AvgIpc) is 2.52. The van der Waals surface area contributed by atoms with E-state index < -0.39 is 5.97 Å². The summed E-state index contributed by atoms with van der Waals surface area (Å²) < 4.78 is 10.3. The first kappa shape index (κ1) is 13.9. The van der Waals surface area contributed by atoms with E-state index in [1.165, 1.54) is 12.3 Å². The number of hydrogen-bond donors (Lipinski definition) is 0. The first-order chi connectivity index (χ1) is 9.84. The summed E-state index contributed by atoms with van der Waals surface area (Å²) >= 11 is 0. The average molecular weight is 268 g/mol. The largest absolute Gasteiger partial charge is 0.496 e. The van der Waals surface area contributed by atoms with Crippen LogP contribution in [-0.2, 0) is 27.5 Å². The van der Waals surface area contributed by atoms with Gasteiger partial charge < -0.3 is 9.47 Å². The molecule has 0 aromatic heterocycles. The number of benzene rings is 2. The van der Waals surface area contributed by atoms with Crippen LogP contribution in [0.4, 0.5) is 0 Å². The third-order valence-electron chi connectivity index (χ3n) is 2.62. The van der Waals surface area contributed by atoms with Gasteiger partial charge in [-0.1, -0.05) is 60.7 Å². The molecule has 3 heteroatoms. The standard InChI is InChI=1S/C17H16O3/c18-17(20-14-16-9-5-2-6-10-16)11-12-19-13-15-7-3-1-4-8-15/h1-12H,13-14H2. The Morgan fingerprint density at radius 3 is 2.00 bits per heavy atom. The monoisotopic (exact) mass is 268 g/mol. The third-order valence-corrected chi connectivity index (χ3v) is 2.62. The van der Waals surface area contributed by atoms with Gasteiger partial charge in [-0.15, -0.1) is 0 Å². The van der Waals surface area contributed by atoms with E-state index in [1.807, 2.05) is 60.7 Å². The molecule has 2 aromatic rings. The lowest BCUT2D eigenvalue weighted by Gasteiger charge is -2.02. The number of ether oxygens (including phenoxy) is 2. The van der Waals surface area contributed by atoms with Crippen LogP contribution in [0.2, 0.25) is 0 Å². The molecule has 0 aliphatic carbocycles. The highest BCUT2D eigenvalue weighted by Crippen LogP contribution is 2.02. The van der Waals surface area contributed by atoms with Crippen molar-refractivity contribution in [1.29, 1.82) is 0 Å². The molecule has 0 aliphatic heterocycles. The zero-order valence-corrected chi connectivity index (χ0v) is 11.1. The molecule has 0 atom stereocenters. The van der Waals surface area contributed by atoms with E-state index in [2.05, 4.69) is 0 Å². The Morgan fingerprint density at radius 1 is 0.850 bits per heavy atom. The predicted octanol–water partition coefficient (Wildman–Crippen LogP) is 3.46. The van der Waals surface area contributed by atoms with E-state index in [0.29, 0.717) is 6.61 Å². The highest BCUT2D eigenvalue weighted by molar-refractivity contribution is 5.81. The molecule has 0 N–H and O–H groups in total. The van der Waals surface area contributed by atoms with Gasteiger partial charge in [-0.25, -0.2) is 4.79 Å². The smallest absolute Gasteiger partial charge is 0.334 e. The van der Waals surface area contributed by atoms with Gasteiger partial charge in [-0.3, -0.25) is 0 Å². The van der Waals surface area contributed by atoms with Crippen LogP contribution in [0.15, 0.2) is 73.0 Å². The molecule has 2 rings (SSSR count). The molecule has 0 saturated heterocycles. The zero-order chi connectivity index (χ0) is 14.0. The van der Waals surface area contributed by atoms with Crippen molar-refractivity contribution in [1.82, 2.24) is 0 Å². The van der Waals surface area contributed by atoms with Gasteiger partial charge in [0.05, 0.1) is 12.3 Å². The molecular formula is C17H16O3. The zero-order valence-electron chi connectivity index (χ0n) is 11.1. The van der Waals surface area contributed by atoms with E-state index >= 15 is 0 Å². The van der Waals surface area contributed by atoms with Crippen LogP contribution in [0.25, 0.3) is 0 Å². The second kappa shape index (κ2) is 7.79. The number of carbonyl (C=O) groups excluding carboxylic acids is 1. The van der Waals surface area contributed by atoms with Crippen LogP contribution >= 0.6 is 0 Å². The number of hydrogen-bond acceptors (Lipinski definition) is 3. The Hall–Kier alpha value is -2.55.